The summed E-state index contributed by atoms with van der Waals surface area (Å²) in [6.07, 6.45) is -3.78. The van der Waals surface area contributed by atoms with E-state index in [0.717, 1.165) is 12.3 Å². The van der Waals surface area contributed by atoms with E-state index in [1.807, 2.05) is 0 Å². The molecule has 0 bridgehead atoms. The molecular formula is C29H27F6N5O3. The van der Waals surface area contributed by atoms with Crippen LogP contribution in [0.5, 0.6) is 5.75 Å². The average Bonchev–Trinajstić information content (AvgIpc) is 3.37. The summed E-state index contributed by atoms with van der Waals surface area (Å²) < 4.78 is 90.8. The van der Waals surface area contributed by atoms with Gasteiger partial charge in [0, 0.05) is 48.4 Å². The molecule has 0 aliphatic carbocycles. The van der Waals surface area contributed by atoms with Crippen molar-refractivity contribution in [1.29, 1.82) is 0 Å². The zero-order chi connectivity index (χ0) is 31.2. The number of alkyl halides is 3. The summed E-state index contributed by atoms with van der Waals surface area (Å²) in [6.45, 7) is 2.47. The number of benzene rings is 2. The first kappa shape index (κ1) is 30.3. The number of carbonyl (C=O) groups is 1. The van der Waals surface area contributed by atoms with Crippen molar-refractivity contribution in [2.75, 3.05) is 33.4 Å². The fraction of sp³-hybridized carbons (Fsp3) is 0.345. The number of aliphatic hydroxyl groups excluding tert-OH is 1. The Kier molecular flexibility index (Phi) is 8.09. The summed E-state index contributed by atoms with van der Waals surface area (Å²) in [7, 11) is 1.46. The van der Waals surface area contributed by atoms with Gasteiger partial charge in [-0.15, -0.1) is 0 Å². The Balaban J connectivity index is 1.49. The van der Waals surface area contributed by atoms with E-state index in [4.69, 9.17) is 4.74 Å². The van der Waals surface area contributed by atoms with Gasteiger partial charge < -0.3 is 14.7 Å². The highest BCUT2D eigenvalue weighted by molar-refractivity contribution is 6.00. The van der Waals surface area contributed by atoms with Crippen LogP contribution in [-0.4, -0.2) is 74.8 Å². The zero-order valence-corrected chi connectivity index (χ0v) is 23.3. The maximum atomic E-state index is 14.5. The summed E-state index contributed by atoms with van der Waals surface area (Å²) in [6, 6.07) is 5.84. The quantitative estimate of drug-likeness (QED) is 0.245. The third-order valence-corrected chi connectivity index (χ3v) is 7.66. The number of fused-ring (bicyclic) bond motifs is 1. The number of nitrogens with zero attached hydrogens (tertiary/aromatic N) is 5. The Morgan fingerprint density at radius 1 is 1.14 bits per heavy atom. The number of rotatable bonds is 6. The molecule has 2 aromatic heterocycles. The van der Waals surface area contributed by atoms with Crippen molar-refractivity contribution in [3.05, 3.63) is 82.4 Å². The monoisotopic (exact) mass is 607 g/mol. The Hall–Kier alpha value is -4.17. The molecule has 5 rings (SSSR count). The molecule has 0 unspecified atom stereocenters. The number of piperazine rings is 1. The number of carbonyl (C=O) groups excluding carboxylic acids is 1. The largest absolute Gasteiger partial charge is 0.497 e. The van der Waals surface area contributed by atoms with E-state index in [9.17, 15) is 36.2 Å². The second-order valence-corrected chi connectivity index (χ2v) is 10.3. The van der Waals surface area contributed by atoms with Crippen molar-refractivity contribution in [3.8, 4) is 17.0 Å². The summed E-state index contributed by atoms with van der Waals surface area (Å²) in [5, 5.41) is 13.9. The maximum Gasteiger partial charge on any atom is 0.433 e. The molecule has 0 saturated carbocycles. The number of methoxy groups -OCH3 is 1. The molecule has 228 valence electrons. The fourth-order valence-corrected chi connectivity index (χ4v) is 5.54. The Morgan fingerprint density at radius 2 is 1.84 bits per heavy atom. The van der Waals surface area contributed by atoms with Crippen molar-refractivity contribution in [3.63, 3.8) is 0 Å². The smallest absolute Gasteiger partial charge is 0.433 e. The molecule has 1 aliphatic rings. The molecule has 1 aliphatic heterocycles. The Bertz CT molecular complexity index is 1670. The molecule has 14 heteroatoms. The second-order valence-electron chi connectivity index (χ2n) is 10.3. The van der Waals surface area contributed by atoms with E-state index in [1.165, 1.54) is 18.9 Å². The van der Waals surface area contributed by atoms with Crippen molar-refractivity contribution < 1.29 is 41.0 Å². The first-order chi connectivity index (χ1) is 20.3. The summed E-state index contributed by atoms with van der Waals surface area (Å²) in [4.78, 5) is 21.2. The van der Waals surface area contributed by atoms with Crippen LogP contribution in [0.4, 0.5) is 26.3 Å². The highest BCUT2D eigenvalue weighted by atomic mass is 19.4. The van der Waals surface area contributed by atoms with Gasteiger partial charge in [-0.25, -0.2) is 22.7 Å². The normalized spacial score (nSPS) is 17.0. The molecule has 43 heavy (non-hydrogen) atoms. The van der Waals surface area contributed by atoms with Crippen molar-refractivity contribution in [2.45, 2.75) is 32.1 Å². The molecule has 1 amide bonds. The lowest BCUT2D eigenvalue weighted by Crippen LogP contribution is -2.55. The molecule has 3 heterocycles. The minimum Gasteiger partial charge on any atom is -0.497 e. The minimum absolute atomic E-state index is 0.0186. The number of aromatic nitrogens is 3. The fourth-order valence-electron chi connectivity index (χ4n) is 5.54. The van der Waals surface area contributed by atoms with Gasteiger partial charge in [0.2, 0.25) is 0 Å². The van der Waals surface area contributed by atoms with Gasteiger partial charge in [-0.1, -0.05) is 0 Å². The van der Waals surface area contributed by atoms with Gasteiger partial charge in [0.05, 0.1) is 31.6 Å². The number of aliphatic hydroxyl groups is 1. The van der Waals surface area contributed by atoms with Crippen LogP contribution in [-0.2, 0) is 6.18 Å². The van der Waals surface area contributed by atoms with Crippen LogP contribution in [0.3, 0.4) is 0 Å². The molecule has 0 spiro atoms. The van der Waals surface area contributed by atoms with Gasteiger partial charge in [-0.2, -0.15) is 18.3 Å². The molecule has 0 radical (unpaired) electrons. The highest BCUT2D eigenvalue weighted by Crippen LogP contribution is 2.37. The van der Waals surface area contributed by atoms with Crippen molar-refractivity contribution in [1.82, 2.24) is 24.4 Å². The van der Waals surface area contributed by atoms with Crippen LogP contribution in [0.1, 0.15) is 40.1 Å². The van der Waals surface area contributed by atoms with Crippen LogP contribution in [0.15, 0.2) is 42.6 Å². The number of ether oxygens (including phenoxy) is 1. The predicted octanol–water partition coefficient (Wildman–Crippen LogP) is 5.03. The molecular weight excluding hydrogens is 580 g/mol. The van der Waals surface area contributed by atoms with Gasteiger partial charge in [-0.3, -0.25) is 9.69 Å². The van der Waals surface area contributed by atoms with E-state index < -0.39 is 53.9 Å². The first-order valence-electron chi connectivity index (χ1n) is 13.3. The third kappa shape index (κ3) is 5.52. The van der Waals surface area contributed by atoms with E-state index in [2.05, 4.69) is 10.1 Å². The van der Waals surface area contributed by atoms with Crippen LogP contribution in [0.2, 0.25) is 0 Å². The number of halogens is 6. The minimum atomic E-state index is -4.82. The molecule has 1 saturated heterocycles. The predicted molar refractivity (Wildman–Crippen MR) is 143 cm³/mol. The van der Waals surface area contributed by atoms with Crippen LogP contribution in [0.25, 0.3) is 16.9 Å². The Morgan fingerprint density at radius 3 is 2.44 bits per heavy atom. The van der Waals surface area contributed by atoms with E-state index >= 15 is 0 Å². The molecule has 1 N–H and O–H groups in total. The summed E-state index contributed by atoms with van der Waals surface area (Å²) in [5.41, 5.74) is -1.65. The SMILES string of the molecule is COc1ccc(-c2nc3c(C(=O)N4CCN([C@@H](CO)c5cc(F)cc(F)c5F)C[C@H]4C)cnn3c(C(F)(F)F)c2C)cc1. The molecule has 8 nitrogen and oxygen atoms in total. The van der Waals surface area contributed by atoms with Gasteiger partial charge >= 0.3 is 6.18 Å². The van der Waals surface area contributed by atoms with E-state index in [0.29, 0.717) is 21.9 Å². The van der Waals surface area contributed by atoms with E-state index in [-0.39, 0.29) is 47.7 Å². The lowest BCUT2D eigenvalue weighted by Gasteiger charge is -2.43. The molecule has 2 atom stereocenters. The van der Waals surface area contributed by atoms with Crippen molar-refractivity contribution in [2.24, 2.45) is 0 Å². The average molecular weight is 608 g/mol. The molecule has 4 aromatic rings. The Labute approximate surface area is 242 Å². The van der Waals surface area contributed by atoms with Crippen LogP contribution in [0, 0.1) is 24.4 Å². The van der Waals surface area contributed by atoms with Gasteiger partial charge in [0.25, 0.3) is 5.91 Å². The van der Waals surface area contributed by atoms with Crippen molar-refractivity contribution >= 4 is 11.6 Å². The first-order valence-corrected chi connectivity index (χ1v) is 13.3. The number of hydrogen-bond acceptors (Lipinski definition) is 6. The topological polar surface area (TPSA) is 83.2 Å². The van der Waals surface area contributed by atoms with Gasteiger partial charge in [0.15, 0.2) is 23.0 Å². The third-order valence-electron chi connectivity index (χ3n) is 7.66. The van der Waals surface area contributed by atoms with Crippen LogP contribution < -0.4 is 4.74 Å². The number of amides is 1. The highest BCUT2D eigenvalue weighted by Gasteiger charge is 2.40. The second kappa shape index (κ2) is 11.5. The maximum absolute atomic E-state index is 14.5. The summed E-state index contributed by atoms with van der Waals surface area (Å²) in [5.74, 6) is -3.81. The lowest BCUT2D eigenvalue weighted by molar-refractivity contribution is -0.143. The molecule has 2 aromatic carbocycles. The van der Waals surface area contributed by atoms with Gasteiger partial charge in [0.1, 0.15) is 17.1 Å². The van der Waals surface area contributed by atoms with E-state index in [1.54, 1.807) is 36.1 Å². The summed E-state index contributed by atoms with van der Waals surface area (Å²) >= 11 is 0. The lowest BCUT2D eigenvalue weighted by atomic mass is 10.0. The zero-order valence-electron chi connectivity index (χ0n) is 23.3. The standard InChI is InChI=1S/C29H27F6N5O3/c1-15-13-38(23(14-41)20-10-18(30)11-22(31)24(20)32)8-9-39(15)28(42)21-12-36-40-26(29(33,34)35)16(2)25(37-27(21)40)17-4-6-19(43-3)7-5-17/h4-7,10-12,15,23,41H,8-9,13-14H2,1-3H3/t15-,23+/m1/s1. The van der Waals surface area contributed by atoms with Gasteiger partial charge in [-0.05, 0) is 44.2 Å². The van der Waals surface area contributed by atoms with Crippen LogP contribution >= 0.6 is 0 Å². The number of hydrogen-bond donors (Lipinski definition) is 1. The molecule has 1 fully saturated rings.